The highest BCUT2D eigenvalue weighted by molar-refractivity contribution is 9.09. The van der Waals surface area contributed by atoms with E-state index in [4.69, 9.17) is 4.42 Å². The van der Waals surface area contributed by atoms with Gasteiger partial charge < -0.3 is 9.73 Å². The van der Waals surface area contributed by atoms with E-state index in [0.29, 0.717) is 11.3 Å². The fourth-order valence-electron chi connectivity index (χ4n) is 1.60. The Morgan fingerprint density at radius 2 is 2.18 bits per heavy atom. The summed E-state index contributed by atoms with van der Waals surface area (Å²) in [5, 5.41) is 3.76. The van der Waals surface area contributed by atoms with Gasteiger partial charge in [-0.05, 0) is 24.6 Å². The Bertz CT molecular complexity index is 633. The summed E-state index contributed by atoms with van der Waals surface area (Å²) >= 11 is 3.06. The van der Waals surface area contributed by atoms with E-state index < -0.39 is 0 Å². The molecule has 0 aliphatic heterocycles. The highest BCUT2D eigenvalue weighted by atomic mass is 79.9. The van der Waals surface area contributed by atoms with Crippen molar-refractivity contribution in [3.8, 4) is 0 Å². The van der Waals surface area contributed by atoms with Gasteiger partial charge in [-0.3, -0.25) is 4.79 Å². The minimum Gasteiger partial charge on any atom is -0.423 e. The molecule has 0 spiro atoms. The Morgan fingerprint density at radius 3 is 2.88 bits per heavy atom. The second-order valence-corrected chi connectivity index (χ2v) is 4.20. The first-order valence-corrected chi connectivity index (χ1v) is 6.12. The van der Waals surface area contributed by atoms with E-state index in [-0.39, 0.29) is 16.9 Å². The van der Waals surface area contributed by atoms with Crippen molar-refractivity contribution in [1.82, 2.24) is 0 Å². The number of rotatable bonds is 2. The van der Waals surface area contributed by atoms with Crippen LogP contribution in [-0.4, -0.2) is 11.2 Å². The number of amides is 1. The van der Waals surface area contributed by atoms with Gasteiger partial charge in [0.2, 0.25) is 5.91 Å². The molecule has 1 heterocycles. The fourth-order valence-corrected chi connectivity index (χ4v) is 1.74. The van der Waals surface area contributed by atoms with Crippen LogP contribution in [0.5, 0.6) is 0 Å². The van der Waals surface area contributed by atoms with Crippen molar-refractivity contribution in [2.75, 3.05) is 10.6 Å². The van der Waals surface area contributed by atoms with Crippen molar-refractivity contribution in [3.63, 3.8) is 0 Å². The number of halogens is 1. The lowest BCUT2D eigenvalue weighted by Gasteiger charge is -2.05. The normalized spacial score (nSPS) is 10.5. The van der Waals surface area contributed by atoms with Crippen LogP contribution in [0.4, 0.5) is 5.69 Å². The third-order valence-electron chi connectivity index (χ3n) is 2.36. The van der Waals surface area contributed by atoms with Crippen LogP contribution in [0.3, 0.4) is 0 Å². The van der Waals surface area contributed by atoms with E-state index in [0.717, 1.165) is 10.9 Å². The van der Waals surface area contributed by atoms with Gasteiger partial charge in [0.15, 0.2) is 0 Å². The molecular formula is C12H10BrNO3. The Labute approximate surface area is 106 Å². The SMILES string of the molecule is Cc1cc(=O)oc2cc(NC(=O)CBr)ccc12. The van der Waals surface area contributed by atoms with Crippen LogP contribution in [0.2, 0.25) is 0 Å². The number of fused-ring (bicyclic) bond motifs is 1. The van der Waals surface area contributed by atoms with Crippen LogP contribution in [-0.2, 0) is 4.79 Å². The van der Waals surface area contributed by atoms with Gasteiger partial charge in [-0.1, -0.05) is 15.9 Å². The standard InChI is InChI=1S/C12H10BrNO3/c1-7-4-12(16)17-10-5-8(2-3-9(7)10)14-11(15)6-13/h2-5H,6H2,1H3,(H,14,15). The third kappa shape index (κ3) is 2.55. The lowest BCUT2D eigenvalue weighted by Crippen LogP contribution is -2.12. The molecule has 2 aromatic rings. The smallest absolute Gasteiger partial charge is 0.336 e. The minimum atomic E-state index is -0.390. The molecule has 1 aromatic heterocycles. The highest BCUT2D eigenvalue weighted by Gasteiger charge is 2.05. The molecule has 5 heteroatoms. The van der Waals surface area contributed by atoms with E-state index in [1.54, 1.807) is 12.1 Å². The number of hydrogen-bond acceptors (Lipinski definition) is 3. The van der Waals surface area contributed by atoms with E-state index in [1.807, 2.05) is 13.0 Å². The van der Waals surface area contributed by atoms with Crippen LogP contribution in [0.25, 0.3) is 11.0 Å². The zero-order valence-electron chi connectivity index (χ0n) is 9.12. The van der Waals surface area contributed by atoms with Crippen LogP contribution >= 0.6 is 15.9 Å². The number of alkyl halides is 1. The highest BCUT2D eigenvalue weighted by Crippen LogP contribution is 2.20. The molecule has 0 bridgehead atoms. The molecule has 88 valence electrons. The number of benzene rings is 1. The van der Waals surface area contributed by atoms with Gasteiger partial charge in [0.1, 0.15) is 5.58 Å². The summed E-state index contributed by atoms with van der Waals surface area (Å²) in [4.78, 5) is 22.4. The van der Waals surface area contributed by atoms with E-state index in [2.05, 4.69) is 21.2 Å². The van der Waals surface area contributed by atoms with Crippen LogP contribution < -0.4 is 10.9 Å². The van der Waals surface area contributed by atoms with Crippen LogP contribution in [0.1, 0.15) is 5.56 Å². The van der Waals surface area contributed by atoms with Crippen LogP contribution in [0, 0.1) is 6.92 Å². The van der Waals surface area contributed by atoms with Crippen molar-refractivity contribution in [2.45, 2.75) is 6.92 Å². The van der Waals surface area contributed by atoms with E-state index in [1.165, 1.54) is 6.07 Å². The van der Waals surface area contributed by atoms with Crippen LogP contribution in [0.15, 0.2) is 33.5 Å². The molecule has 0 aliphatic rings. The number of carbonyl (C=O) groups is 1. The van der Waals surface area contributed by atoms with E-state index >= 15 is 0 Å². The average molecular weight is 296 g/mol. The first-order valence-electron chi connectivity index (χ1n) is 5.00. The van der Waals surface area contributed by atoms with E-state index in [9.17, 15) is 9.59 Å². The Morgan fingerprint density at radius 1 is 1.41 bits per heavy atom. The van der Waals surface area contributed by atoms with Gasteiger partial charge in [-0.2, -0.15) is 0 Å². The Balaban J connectivity index is 2.50. The molecular weight excluding hydrogens is 286 g/mol. The number of nitrogens with one attached hydrogen (secondary N) is 1. The Kier molecular flexibility index (Phi) is 3.28. The van der Waals surface area contributed by atoms with Crippen molar-refractivity contribution >= 4 is 38.5 Å². The molecule has 17 heavy (non-hydrogen) atoms. The second kappa shape index (κ2) is 4.71. The quantitative estimate of drug-likeness (QED) is 0.684. The van der Waals surface area contributed by atoms with Crippen molar-refractivity contribution in [2.24, 2.45) is 0 Å². The maximum absolute atomic E-state index is 11.2. The van der Waals surface area contributed by atoms with Gasteiger partial charge in [-0.15, -0.1) is 0 Å². The maximum atomic E-state index is 11.2. The number of anilines is 1. The molecule has 1 N–H and O–H groups in total. The topological polar surface area (TPSA) is 59.3 Å². The first-order chi connectivity index (χ1) is 8.10. The zero-order valence-corrected chi connectivity index (χ0v) is 10.7. The minimum absolute atomic E-state index is 0.153. The summed E-state index contributed by atoms with van der Waals surface area (Å²) in [7, 11) is 0. The molecule has 0 radical (unpaired) electrons. The molecule has 0 saturated carbocycles. The Hall–Kier alpha value is -1.62. The van der Waals surface area contributed by atoms with Crippen molar-refractivity contribution < 1.29 is 9.21 Å². The van der Waals surface area contributed by atoms with Crippen molar-refractivity contribution in [3.05, 3.63) is 40.2 Å². The fraction of sp³-hybridized carbons (Fsp3) is 0.167. The third-order valence-corrected chi connectivity index (χ3v) is 2.87. The number of carbonyl (C=O) groups excluding carboxylic acids is 1. The van der Waals surface area contributed by atoms with Gasteiger partial charge in [0, 0.05) is 23.2 Å². The monoisotopic (exact) mass is 295 g/mol. The predicted molar refractivity (Wildman–Crippen MR) is 69.6 cm³/mol. The van der Waals surface area contributed by atoms with Gasteiger partial charge in [-0.25, -0.2) is 4.79 Å². The predicted octanol–water partition coefficient (Wildman–Crippen LogP) is 2.43. The lowest BCUT2D eigenvalue weighted by molar-refractivity contribution is -0.113. The summed E-state index contributed by atoms with van der Waals surface area (Å²) in [5.41, 5.74) is 1.55. The summed E-state index contributed by atoms with van der Waals surface area (Å²) in [6, 6.07) is 6.68. The summed E-state index contributed by atoms with van der Waals surface area (Å²) in [6.07, 6.45) is 0. The first kappa shape index (κ1) is 11.9. The van der Waals surface area contributed by atoms with Gasteiger partial charge >= 0.3 is 5.63 Å². The largest absolute Gasteiger partial charge is 0.423 e. The average Bonchev–Trinajstić information content (AvgIpc) is 2.28. The molecule has 0 saturated heterocycles. The van der Waals surface area contributed by atoms with Gasteiger partial charge in [0.05, 0.1) is 5.33 Å². The molecule has 0 unspecified atom stereocenters. The van der Waals surface area contributed by atoms with Gasteiger partial charge in [0.25, 0.3) is 0 Å². The molecule has 0 atom stereocenters. The molecule has 2 rings (SSSR count). The molecule has 0 aliphatic carbocycles. The molecule has 1 amide bonds. The second-order valence-electron chi connectivity index (χ2n) is 3.64. The summed E-state index contributed by atoms with van der Waals surface area (Å²) < 4.78 is 5.08. The number of hydrogen-bond donors (Lipinski definition) is 1. The molecule has 4 nitrogen and oxygen atoms in total. The number of aryl methyl sites for hydroxylation is 1. The summed E-state index contributed by atoms with van der Waals surface area (Å²) in [5.74, 6) is -0.153. The zero-order chi connectivity index (χ0) is 12.4. The maximum Gasteiger partial charge on any atom is 0.336 e. The van der Waals surface area contributed by atoms with Crippen molar-refractivity contribution in [1.29, 1.82) is 0 Å². The lowest BCUT2D eigenvalue weighted by atomic mass is 10.1. The summed E-state index contributed by atoms with van der Waals surface area (Å²) in [6.45, 7) is 1.84. The molecule has 0 fully saturated rings. The molecule has 1 aromatic carbocycles.